The summed E-state index contributed by atoms with van der Waals surface area (Å²) in [7, 11) is 0. The highest BCUT2D eigenvalue weighted by Gasteiger charge is 2.23. The van der Waals surface area contributed by atoms with Crippen LogP contribution in [0.5, 0.6) is 5.75 Å². The van der Waals surface area contributed by atoms with Crippen molar-refractivity contribution in [2.24, 2.45) is 0 Å². The molecule has 0 aromatic heterocycles. The Morgan fingerprint density at radius 3 is 1.49 bits per heavy atom. The van der Waals surface area contributed by atoms with Gasteiger partial charge in [-0.25, -0.2) is 0 Å². The standard InChI is InChI=1S/C27H46O8/c1-26(2,3)22-7-8-24(23(21-22)27(4,5)6)35-20-19-34-18-17-33-16-15-32-14-13-31-12-11-30-10-9-25(28)29/h7-8,21H,9-20H2,1-6H3,(H,28,29). The molecule has 0 heterocycles. The first kappa shape index (κ1) is 31.3. The Labute approximate surface area is 211 Å². The minimum Gasteiger partial charge on any atom is -0.491 e. The molecule has 0 fully saturated rings. The Balaban J connectivity index is 2.03. The normalized spacial score (nSPS) is 12.2. The molecule has 8 nitrogen and oxygen atoms in total. The first-order valence-corrected chi connectivity index (χ1v) is 12.4. The van der Waals surface area contributed by atoms with E-state index in [0.717, 1.165) is 5.75 Å². The summed E-state index contributed by atoms with van der Waals surface area (Å²) in [5, 5.41) is 8.48. The topological polar surface area (TPSA) is 92.7 Å². The summed E-state index contributed by atoms with van der Waals surface area (Å²) >= 11 is 0. The molecule has 0 aliphatic rings. The van der Waals surface area contributed by atoms with Gasteiger partial charge in [-0.3, -0.25) is 4.79 Å². The van der Waals surface area contributed by atoms with Crippen LogP contribution in [0.4, 0.5) is 0 Å². The molecule has 1 aromatic rings. The Hall–Kier alpha value is -1.71. The summed E-state index contributed by atoms with van der Waals surface area (Å²) in [6.07, 6.45) is 0.00640. The van der Waals surface area contributed by atoms with Crippen LogP contribution in [0.2, 0.25) is 0 Å². The van der Waals surface area contributed by atoms with Crippen molar-refractivity contribution in [3.63, 3.8) is 0 Å². The molecule has 0 saturated carbocycles. The van der Waals surface area contributed by atoms with Gasteiger partial charge in [0.25, 0.3) is 0 Å². The molecule has 0 aliphatic heterocycles. The summed E-state index contributed by atoms with van der Waals surface area (Å²) in [6.45, 7) is 18.2. The van der Waals surface area contributed by atoms with E-state index < -0.39 is 5.97 Å². The van der Waals surface area contributed by atoms with Gasteiger partial charge in [0.2, 0.25) is 0 Å². The molecule has 8 heteroatoms. The van der Waals surface area contributed by atoms with Crippen LogP contribution in [0, 0.1) is 0 Å². The van der Waals surface area contributed by atoms with Crippen molar-refractivity contribution in [1.29, 1.82) is 0 Å². The van der Waals surface area contributed by atoms with Crippen LogP contribution in [0.3, 0.4) is 0 Å². The zero-order valence-corrected chi connectivity index (χ0v) is 22.5. The zero-order valence-electron chi connectivity index (χ0n) is 22.5. The molecule has 0 amide bonds. The highest BCUT2D eigenvalue weighted by molar-refractivity contribution is 5.66. The van der Waals surface area contributed by atoms with Crippen molar-refractivity contribution in [3.8, 4) is 5.75 Å². The smallest absolute Gasteiger partial charge is 0.305 e. The molecule has 0 saturated heterocycles. The van der Waals surface area contributed by atoms with Gasteiger partial charge in [0.1, 0.15) is 12.4 Å². The third kappa shape index (κ3) is 15.1. The van der Waals surface area contributed by atoms with Crippen LogP contribution in [-0.4, -0.2) is 83.8 Å². The van der Waals surface area contributed by atoms with Crippen molar-refractivity contribution in [3.05, 3.63) is 29.3 Å². The molecule has 1 N–H and O–H groups in total. The summed E-state index contributed by atoms with van der Waals surface area (Å²) in [5.41, 5.74) is 2.61. The van der Waals surface area contributed by atoms with Crippen LogP contribution >= 0.6 is 0 Å². The quantitative estimate of drug-likeness (QED) is 0.284. The molecule has 0 bridgehead atoms. The van der Waals surface area contributed by atoms with E-state index in [1.165, 1.54) is 11.1 Å². The predicted octanol–water partition coefficient (Wildman–Crippen LogP) is 4.22. The number of carboxylic acid groups (broad SMARTS) is 1. The van der Waals surface area contributed by atoms with Crippen molar-refractivity contribution >= 4 is 5.97 Å². The van der Waals surface area contributed by atoms with E-state index >= 15 is 0 Å². The van der Waals surface area contributed by atoms with Crippen LogP contribution in [-0.2, 0) is 39.3 Å². The highest BCUT2D eigenvalue weighted by atomic mass is 16.6. The summed E-state index contributed by atoms with van der Waals surface area (Å²) < 4.78 is 33.0. The second-order valence-electron chi connectivity index (χ2n) is 10.3. The lowest BCUT2D eigenvalue weighted by Crippen LogP contribution is -2.19. The number of carbonyl (C=O) groups is 1. The molecule has 0 atom stereocenters. The molecular weight excluding hydrogens is 452 g/mol. The summed E-state index contributed by atoms with van der Waals surface area (Å²) in [6, 6.07) is 6.48. The fourth-order valence-electron chi connectivity index (χ4n) is 3.06. The molecular formula is C27H46O8. The number of hydrogen-bond acceptors (Lipinski definition) is 7. The van der Waals surface area contributed by atoms with Gasteiger partial charge < -0.3 is 33.5 Å². The van der Waals surface area contributed by atoms with E-state index in [2.05, 4.69) is 59.7 Å². The van der Waals surface area contributed by atoms with Gasteiger partial charge in [0, 0.05) is 0 Å². The van der Waals surface area contributed by atoms with Gasteiger partial charge in [0.05, 0.1) is 72.5 Å². The third-order valence-electron chi connectivity index (χ3n) is 5.09. The van der Waals surface area contributed by atoms with Crippen molar-refractivity contribution < 1.29 is 38.3 Å². The van der Waals surface area contributed by atoms with E-state index in [0.29, 0.717) is 66.1 Å². The largest absolute Gasteiger partial charge is 0.491 e. The highest BCUT2D eigenvalue weighted by Crippen LogP contribution is 2.35. The van der Waals surface area contributed by atoms with Gasteiger partial charge in [-0.05, 0) is 28.0 Å². The van der Waals surface area contributed by atoms with Crippen molar-refractivity contribution in [2.45, 2.75) is 58.8 Å². The Kier molecular flexibility index (Phi) is 15.1. The number of carboxylic acids is 1. The van der Waals surface area contributed by atoms with Crippen LogP contribution in [0.1, 0.15) is 59.1 Å². The fourth-order valence-corrected chi connectivity index (χ4v) is 3.06. The lowest BCUT2D eigenvalue weighted by atomic mass is 9.80. The zero-order chi connectivity index (χ0) is 26.2. The van der Waals surface area contributed by atoms with Crippen molar-refractivity contribution in [2.75, 3.05) is 72.7 Å². The number of benzene rings is 1. The second-order valence-corrected chi connectivity index (χ2v) is 10.3. The van der Waals surface area contributed by atoms with Gasteiger partial charge in [0.15, 0.2) is 0 Å². The summed E-state index contributed by atoms with van der Waals surface area (Å²) in [5.74, 6) is 0.0480. The van der Waals surface area contributed by atoms with Gasteiger partial charge in [-0.2, -0.15) is 0 Å². The van der Waals surface area contributed by atoms with Crippen molar-refractivity contribution in [1.82, 2.24) is 0 Å². The molecule has 0 radical (unpaired) electrons. The third-order valence-corrected chi connectivity index (χ3v) is 5.09. The lowest BCUT2D eigenvalue weighted by Gasteiger charge is -2.27. The van der Waals surface area contributed by atoms with Gasteiger partial charge >= 0.3 is 5.97 Å². The molecule has 0 unspecified atom stereocenters. The minimum absolute atomic E-state index is 0.00276. The average molecular weight is 499 g/mol. The van der Waals surface area contributed by atoms with E-state index in [4.69, 9.17) is 33.5 Å². The van der Waals surface area contributed by atoms with Gasteiger partial charge in [-0.1, -0.05) is 53.7 Å². The van der Waals surface area contributed by atoms with E-state index in [1.807, 2.05) is 0 Å². The van der Waals surface area contributed by atoms with E-state index in [9.17, 15) is 4.79 Å². The maximum Gasteiger partial charge on any atom is 0.305 e. The Morgan fingerprint density at radius 2 is 1.09 bits per heavy atom. The number of hydrogen-bond donors (Lipinski definition) is 1. The molecule has 1 rings (SSSR count). The fraction of sp³-hybridized carbons (Fsp3) is 0.741. The predicted molar refractivity (Wildman–Crippen MR) is 136 cm³/mol. The first-order chi connectivity index (χ1) is 16.5. The lowest BCUT2D eigenvalue weighted by molar-refractivity contribution is -0.138. The first-order valence-electron chi connectivity index (χ1n) is 12.4. The number of rotatable bonds is 19. The molecule has 0 spiro atoms. The maximum absolute atomic E-state index is 10.3. The maximum atomic E-state index is 10.3. The Bertz CT molecular complexity index is 706. The average Bonchev–Trinajstić information content (AvgIpc) is 2.76. The van der Waals surface area contributed by atoms with Gasteiger partial charge in [-0.15, -0.1) is 0 Å². The summed E-state index contributed by atoms with van der Waals surface area (Å²) in [4.78, 5) is 10.3. The molecule has 202 valence electrons. The SMILES string of the molecule is CC(C)(C)c1ccc(OCCOCCOCCOCCOCCOCCC(=O)O)c(C(C)(C)C)c1. The van der Waals surface area contributed by atoms with E-state index in [1.54, 1.807) is 0 Å². The second kappa shape index (κ2) is 16.9. The molecule has 35 heavy (non-hydrogen) atoms. The Morgan fingerprint density at radius 1 is 0.657 bits per heavy atom. The molecule has 0 aliphatic carbocycles. The van der Waals surface area contributed by atoms with E-state index in [-0.39, 0.29) is 23.9 Å². The minimum atomic E-state index is -0.866. The van der Waals surface area contributed by atoms with Crippen LogP contribution in [0.25, 0.3) is 0 Å². The monoisotopic (exact) mass is 498 g/mol. The van der Waals surface area contributed by atoms with Crippen LogP contribution in [0.15, 0.2) is 18.2 Å². The number of ether oxygens (including phenoxy) is 6. The van der Waals surface area contributed by atoms with Crippen LogP contribution < -0.4 is 4.74 Å². The molecule has 1 aromatic carbocycles. The number of aliphatic carboxylic acids is 1.